The number of nitrogens with zero attached hydrogens (tertiary/aromatic N) is 1. The molecule has 2 nitrogen and oxygen atoms in total. The molecule has 2 N–H and O–H groups in total. The topological polar surface area (TPSA) is 29.3 Å². The molecule has 2 aromatic rings. The van der Waals surface area contributed by atoms with E-state index in [1.165, 1.54) is 22.8 Å². The largest absolute Gasteiger partial charge is 0.363 e. The molecule has 0 heterocycles. The monoisotopic (exact) mass is 286 g/mol. The molecule has 2 rings (SSSR count). The van der Waals surface area contributed by atoms with Crippen LogP contribution < -0.4 is 10.6 Å². The molecule has 0 aromatic heterocycles. The first-order valence-electron chi connectivity index (χ1n) is 7.35. The van der Waals surface area contributed by atoms with Crippen LogP contribution >= 0.6 is 0 Å². The predicted octanol–water partition coefficient (Wildman–Crippen LogP) is 3.97. The lowest BCUT2D eigenvalue weighted by Gasteiger charge is -2.33. The van der Waals surface area contributed by atoms with Gasteiger partial charge in [-0.1, -0.05) is 35.4 Å². The Morgan fingerprint density at radius 1 is 1.10 bits per heavy atom. The van der Waals surface area contributed by atoms with Crippen LogP contribution in [0.2, 0.25) is 0 Å². The quantitative estimate of drug-likeness (QED) is 0.901. The first-order valence-corrected chi connectivity index (χ1v) is 7.35. The zero-order chi connectivity index (χ0) is 15.4. The summed E-state index contributed by atoms with van der Waals surface area (Å²) >= 11 is 0. The van der Waals surface area contributed by atoms with Crippen molar-refractivity contribution >= 4 is 5.69 Å². The Bertz CT molecular complexity index is 590. The minimum absolute atomic E-state index is 0.0513. The van der Waals surface area contributed by atoms with E-state index in [0.29, 0.717) is 6.54 Å². The van der Waals surface area contributed by atoms with E-state index < -0.39 is 0 Å². The summed E-state index contributed by atoms with van der Waals surface area (Å²) in [7, 11) is 0. The minimum atomic E-state index is -0.220. The maximum Gasteiger partial charge on any atom is 0.125 e. The van der Waals surface area contributed by atoms with Gasteiger partial charge in [0.2, 0.25) is 0 Å². The van der Waals surface area contributed by atoms with Crippen molar-refractivity contribution in [3.05, 3.63) is 65.0 Å². The van der Waals surface area contributed by atoms with Crippen molar-refractivity contribution < 1.29 is 4.39 Å². The van der Waals surface area contributed by atoms with Crippen molar-refractivity contribution in [3.63, 3.8) is 0 Å². The molecule has 1 atom stereocenters. The highest BCUT2D eigenvalue weighted by Gasteiger charge is 2.19. The van der Waals surface area contributed by atoms with E-state index in [1.807, 2.05) is 6.07 Å². The molecule has 2 aromatic carbocycles. The third-order valence-electron chi connectivity index (χ3n) is 3.71. The number of aryl methyl sites for hydroxylation is 2. The number of halogens is 1. The maximum atomic E-state index is 13.5. The predicted molar refractivity (Wildman–Crippen MR) is 87.1 cm³/mol. The van der Waals surface area contributed by atoms with Crippen LogP contribution in [0.15, 0.2) is 42.5 Å². The lowest BCUT2D eigenvalue weighted by Crippen LogP contribution is -2.33. The Balaban J connectivity index is 2.42. The normalized spacial score (nSPS) is 12.2. The summed E-state index contributed by atoms with van der Waals surface area (Å²) in [6, 6.07) is 13.2. The van der Waals surface area contributed by atoms with E-state index in [-0.39, 0.29) is 11.9 Å². The van der Waals surface area contributed by atoms with Crippen molar-refractivity contribution in [2.45, 2.75) is 26.8 Å². The standard InChI is InChI=1S/C18H23FN2/c1-4-21(17-7-5-6-16(19)11-17)18(12-20)15-9-13(2)8-14(3)10-15/h5-11,18H,4,12,20H2,1-3H3. The molecule has 0 fully saturated rings. The van der Waals surface area contributed by atoms with Crippen LogP contribution in [0, 0.1) is 19.7 Å². The SMILES string of the molecule is CCN(c1cccc(F)c1)C(CN)c1cc(C)cc(C)c1. The van der Waals surface area contributed by atoms with Crippen molar-refractivity contribution in [2.24, 2.45) is 5.73 Å². The average Bonchev–Trinajstić information content (AvgIpc) is 2.43. The number of hydrogen-bond acceptors (Lipinski definition) is 2. The fourth-order valence-corrected chi connectivity index (χ4v) is 2.88. The highest BCUT2D eigenvalue weighted by molar-refractivity contribution is 5.49. The molecule has 3 heteroatoms. The van der Waals surface area contributed by atoms with Gasteiger partial charge in [-0.2, -0.15) is 0 Å². The maximum absolute atomic E-state index is 13.5. The van der Waals surface area contributed by atoms with E-state index in [0.717, 1.165) is 12.2 Å². The Morgan fingerprint density at radius 2 is 1.76 bits per heavy atom. The zero-order valence-electron chi connectivity index (χ0n) is 12.9. The van der Waals surface area contributed by atoms with Crippen LogP contribution in [0.4, 0.5) is 10.1 Å². The van der Waals surface area contributed by atoms with Gasteiger partial charge in [-0.3, -0.25) is 0 Å². The van der Waals surface area contributed by atoms with E-state index in [2.05, 4.69) is 43.9 Å². The molecular formula is C18H23FN2. The van der Waals surface area contributed by atoms with Gasteiger partial charge < -0.3 is 10.6 Å². The molecule has 0 amide bonds. The van der Waals surface area contributed by atoms with Crippen molar-refractivity contribution in [1.29, 1.82) is 0 Å². The van der Waals surface area contributed by atoms with Gasteiger partial charge in [-0.15, -0.1) is 0 Å². The summed E-state index contributed by atoms with van der Waals surface area (Å²) in [6.45, 7) is 7.51. The van der Waals surface area contributed by atoms with Crippen LogP contribution in [-0.2, 0) is 0 Å². The summed E-state index contributed by atoms with van der Waals surface area (Å²) in [5, 5.41) is 0. The number of hydrogen-bond donors (Lipinski definition) is 1. The van der Waals surface area contributed by atoms with E-state index in [4.69, 9.17) is 5.73 Å². The average molecular weight is 286 g/mol. The van der Waals surface area contributed by atoms with Gasteiger partial charge in [0, 0.05) is 18.8 Å². The summed E-state index contributed by atoms with van der Waals surface area (Å²) in [6.07, 6.45) is 0. The zero-order valence-corrected chi connectivity index (χ0v) is 12.9. The smallest absolute Gasteiger partial charge is 0.125 e. The molecule has 112 valence electrons. The van der Waals surface area contributed by atoms with Crippen LogP contribution in [0.3, 0.4) is 0 Å². The number of anilines is 1. The first kappa shape index (κ1) is 15.5. The van der Waals surface area contributed by atoms with Crippen LogP contribution in [0.1, 0.15) is 29.7 Å². The van der Waals surface area contributed by atoms with E-state index in [9.17, 15) is 4.39 Å². The molecule has 0 spiro atoms. The highest BCUT2D eigenvalue weighted by Crippen LogP contribution is 2.28. The fourth-order valence-electron chi connectivity index (χ4n) is 2.88. The van der Waals surface area contributed by atoms with Crippen molar-refractivity contribution in [2.75, 3.05) is 18.0 Å². The second-order valence-corrected chi connectivity index (χ2v) is 5.44. The first-order chi connectivity index (χ1) is 10.0. The third-order valence-corrected chi connectivity index (χ3v) is 3.71. The molecular weight excluding hydrogens is 263 g/mol. The third kappa shape index (κ3) is 3.61. The van der Waals surface area contributed by atoms with E-state index >= 15 is 0 Å². The molecule has 0 saturated heterocycles. The Hall–Kier alpha value is -1.87. The van der Waals surface area contributed by atoms with E-state index in [1.54, 1.807) is 12.1 Å². The molecule has 0 saturated carbocycles. The Morgan fingerprint density at radius 3 is 2.29 bits per heavy atom. The molecule has 0 radical (unpaired) electrons. The summed E-state index contributed by atoms with van der Waals surface area (Å²) < 4.78 is 13.5. The van der Waals surface area contributed by atoms with Gasteiger partial charge in [-0.25, -0.2) is 4.39 Å². The highest BCUT2D eigenvalue weighted by atomic mass is 19.1. The number of benzene rings is 2. The molecule has 0 aliphatic carbocycles. The van der Waals surface area contributed by atoms with Crippen LogP contribution in [0.25, 0.3) is 0 Å². The van der Waals surface area contributed by atoms with Crippen molar-refractivity contribution in [3.8, 4) is 0 Å². The summed E-state index contributed by atoms with van der Waals surface area (Å²) in [5.41, 5.74) is 10.5. The molecule has 0 bridgehead atoms. The van der Waals surface area contributed by atoms with Gasteiger partial charge in [-0.05, 0) is 44.5 Å². The van der Waals surface area contributed by atoms with Gasteiger partial charge >= 0.3 is 0 Å². The van der Waals surface area contributed by atoms with Gasteiger partial charge in [0.25, 0.3) is 0 Å². The molecule has 21 heavy (non-hydrogen) atoms. The number of likely N-dealkylation sites (N-methyl/N-ethyl adjacent to an activating group) is 1. The number of nitrogens with two attached hydrogens (primary N) is 1. The van der Waals surface area contributed by atoms with Crippen LogP contribution in [-0.4, -0.2) is 13.1 Å². The van der Waals surface area contributed by atoms with Gasteiger partial charge in [0.1, 0.15) is 5.82 Å². The van der Waals surface area contributed by atoms with Gasteiger partial charge in [0.05, 0.1) is 6.04 Å². The molecule has 0 aliphatic heterocycles. The molecule has 0 aliphatic rings. The Kier molecular flexibility index (Phi) is 4.97. The number of rotatable bonds is 5. The summed E-state index contributed by atoms with van der Waals surface area (Å²) in [5.74, 6) is -0.220. The summed E-state index contributed by atoms with van der Waals surface area (Å²) in [4.78, 5) is 2.15. The second-order valence-electron chi connectivity index (χ2n) is 5.44. The lowest BCUT2D eigenvalue weighted by molar-refractivity contribution is 0.616. The van der Waals surface area contributed by atoms with Crippen molar-refractivity contribution in [1.82, 2.24) is 0 Å². The van der Waals surface area contributed by atoms with Crippen LogP contribution in [0.5, 0.6) is 0 Å². The Labute approximate surface area is 126 Å². The lowest BCUT2D eigenvalue weighted by atomic mass is 9.99. The minimum Gasteiger partial charge on any atom is -0.363 e. The molecule has 1 unspecified atom stereocenters. The fraction of sp³-hybridized carbons (Fsp3) is 0.333. The van der Waals surface area contributed by atoms with Gasteiger partial charge in [0.15, 0.2) is 0 Å². The second kappa shape index (κ2) is 6.72.